The predicted octanol–water partition coefficient (Wildman–Crippen LogP) is 4.86. The number of thioether (sulfide) groups is 1. The van der Waals surface area contributed by atoms with Crippen LogP contribution in [0, 0.1) is 0 Å². The minimum absolute atomic E-state index is 0.0351. The van der Waals surface area contributed by atoms with Crippen LogP contribution in [0.15, 0.2) is 45.1 Å². The Morgan fingerprint density at radius 1 is 1.29 bits per heavy atom. The van der Waals surface area contributed by atoms with E-state index in [4.69, 9.17) is 0 Å². The summed E-state index contributed by atoms with van der Waals surface area (Å²) in [5.41, 5.74) is 1.24. The summed E-state index contributed by atoms with van der Waals surface area (Å²) < 4.78 is 1.01. The zero-order valence-corrected chi connectivity index (χ0v) is 19.3. The molecule has 0 bridgehead atoms. The molecule has 0 aliphatic carbocycles. The zero-order chi connectivity index (χ0) is 20.1. The van der Waals surface area contributed by atoms with Crippen LogP contribution < -0.4 is 5.32 Å². The molecule has 0 saturated carbocycles. The normalized spacial score (nSPS) is 15.6. The highest BCUT2D eigenvalue weighted by Crippen LogP contribution is 2.26. The zero-order valence-electron chi connectivity index (χ0n) is 16.1. The van der Waals surface area contributed by atoms with Crippen molar-refractivity contribution < 1.29 is 9.59 Å². The van der Waals surface area contributed by atoms with E-state index >= 15 is 0 Å². The topological polar surface area (TPSA) is 49.4 Å². The van der Waals surface area contributed by atoms with Gasteiger partial charge in [-0.3, -0.25) is 9.59 Å². The van der Waals surface area contributed by atoms with Crippen LogP contribution in [0.3, 0.4) is 0 Å². The highest BCUT2D eigenvalue weighted by molar-refractivity contribution is 9.10. The molecule has 2 atom stereocenters. The number of benzene rings is 1. The van der Waals surface area contributed by atoms with Crippen LogP contribution in [0.5, 0.6) is 0 Å². The second-order valence-corrected chi connectivity index (χ2v) is 10.3. The van der Waals surface area contributed by atoms with Crippen LogP contribution in [0.4, 0.5) is 0 Å². The maximum Gasteiger partial charge on any atom is 0.245 e. The lowest BCUT2D eigenvalue weighted by molar-refractivity contribution is -0.137. The number of amides is 2. The van der Waals surface area contributed by atoms with E-state index in [-0.39, 0.29) is 17.1 Å². The number of nitrogens with one attached hydrogen (secondary N) is 1. The van der Waals surface area contributed by atoms with Crippen molar-refractivity contribution >= 4 is 50.8 Å². The van der Waals surface area contributed by atoms with Crippen LogP contribution in [0.1, 0.15) is 37.1 Å². The quantitative estimate of drug-likeness (QED) is 0.575. The summed E-state index contributed by atoms with van der Waals surface area (Å²) in [4.78, 5) is 30.1. The Hall–Kier alpha value is -1.31. The van der Waals surface area contributed by atoms with Crippen molar-refractivity contribution in [3.63, 3.8) is 0 Å². The second kappa shape index (κ2) is 9.94. The fraction of sp³-hybridized carbons (Fsp3) is 0.429. The van der Waals surface area contributed by atoms with Crippen LogP contribution in [-0.4, -0.2) is 34.6 Å². The number of thiophene rings is 1. The summed E-state index contributed by atoms with van der Waals surface area (Å²) >= 11 is 6.69. The van der Waals surface area contributed by atoms with Crippen molar-refractivity contribution in [2.45, 2.75) is 55.8 Å². The maximum atomic E-state index is 13.1. The lowest BCUT2D eigenvalue weighted by Crippen LogP contribution is -2.51. The standard InChI is InChI=1S/C21H25BrN2O2S2/c1-3-4-18(21(26)24-11-9-19-15(13-24)10-12-27-19)23-20(25)14(2)28-17-7-5-16(22)6-8-17/h5-8,10,12,14,18H,3-4,9,11,13H2,1-2H3,(H,23,25). The van der Waals surface area contributed by atoms with Gasteiger partial charge >= 0.3 is 0 Å². The number of rotatable bonds is 7. The van der Waals surface area contributed by atoms with E-state index in [2.05, 4.69) is 32.7 Å². The van der Waals surface area contributed by atoms with Crippen molar-refractivity contribution in [2.75, 3.05) is 6.54 Å². The Bertz CT molecular complexity index is 822. The molecule has 2 amide bonds. The average Bonchev–Trinajstić information content (AvgIpc) is 3.16. The van der Waals surface area contributed by atoms with Crippen LogP contribution in [0.2, 0.25) is 0 Å². The Balaban J connectivity index is 1.60. The summed E-state index contributed by atoms with van der Waals surface area (Å²) in [6.45, 7) is 5.30. The van der Waals surface area contributed by atoms with E-state index in [9.17, 15) is 9.59 Å². The molecule has 3 rings (SSSR count). The molecule has 150 valence electrons. The first-order valence-electron chi connectivity index (χ1n) is 9.54. The SMILES string of the molecule is CCCC(NC(=O)C(C)Sc1ccc(Br)cc1)C(=O)N1CCc2sccc2C1. The lowest BCUT2D eigenvalue weighted by atomic mass is 10.1. The first-order chi connectivity index (χ1) is 13.5. The van der Waals surface area contributed by atoms with E-state index in [1.807, 2.05) is 43.0 Å². The van der Waals surface area contributed by atoms with E-state index in [1.54, 1.807) is 11.3 Å². The van der Waals surface area contributed by atoms with Crippen molar-refractivity contribution in [1.82, 2.24) is 10.2 Å². The van der Waals surface area contributed by atoms with Gasteiger partial charge in [-0.1, -0.05) is 29.3 Å². The summed E-state index contributed by atoms with van der Waals surface area (Å²) in [7, 11) is 0. The maximum absolute atomic E-state index is 13.1. The van der Waals surface area contributed by atoms with E-state index in [0.29, 0.717) is 13.0 Å². The molecule has 4 nitrogen and oxygen atoms in total. The van der Waals surface area contributed by atoms with Crippen LogP contribution in [-0.2, 0) is 22.6 Å². The molecule has 1 N–H and O–H groups in total. The number of carbonyl (C=O) groups excluding carboxylic acids is 2. The van der Waals surface area contributed by atoms with Gasteiger partial charge in [0.1, 0.15) is 6.04 Å². The molecule has 0 saturated heterocycles. The smallest absolute Gasteiger partial charge is 0.245 e. The minimum Gasteiger partial charge on any atom is -0.343 e. The minimum atomic E-state index is -0.453. The molecule has 0 radical (unpaired) electrons. The molecule has 1 aromatic carbocycles. The summed E-state index contributed by atoms with van der Waals surface area (Å²) in [6, 6.07) is 9.55. The number of carbonyl (C=O) groups is 2. The van der Waals surface area contributed by atoms with Gasteiger partial charge in [-0.15, -0.1) is 23.1 Å². The molecular weight excluding hydrogens is 456 g/mol. The van der Waals surface area contributed by atoms with Gasteiger partial charge in [0.05, 0.1) is 5.25 Å². The first kappa shape index (κ1) is 21.4. The highest BCUT2D eigenvalue weighted by atomic mass is 79.9. The fourth-order valence-electron chi connectivity index (χ4n) is 3.26. The molecule has 1 aromatic heterocycles. The number of nitrogens with zero attached hydrogens (tertiary/aromatic N) is 1. The molecule has 7 heteroatoms. The number of hydrogen-bond donors (Lipinski definition) is 1. The van der Waals surface area contributed by atoms with E-state index in [0.717, 1.165) is 28.8 Å². The van der Waals surface area contributed by atoms with Gasteiger partial charge in [0.2, 0.25) is 11.8 Å². The van der Waals surface area contributed by atoms with Crippen LogP contribution >= 0.6 is 39.0 Å². The Kier molecular flexibility index (Phi) is 7.60. The van der Waals surface area contributed by atoms with Crippen molar-refractivity contribution in [3.8, 4) is 0 Å². The van der Waals surface area contributed by atoms with Crippen molar-refractivity contribution in [3.05, 3.63) is 50.6 Å². The molecule has 28 heavy (non-hydrogen) atoms. The molecule has 0 fully saturated rings. The third kappa shape index (κ3) is 5.39. The Morgan fingerprint density at radius 3 is 2.75 bits per heavy atom. The van der Waals surface area contributed by atoms with Crippen molar-refractivity contribution in [1.29, 1.82) is 0 Å². The predicted molar refractivity (Wildman–Crippen MR) is 120 cm³/mol. The molecule has 2 aromatic rings. The Morgan fingerprint density at radius 2 is 2.04 bits per heavy atom. The van der Waals surface area contributed by atoms with Gasteiger partial charge in [0.15, 0.2) is 0 Å². The van der Waals surface area contributed by atoms with Gasteiger partial charge in [0.25, 0.3) is 0 Å². The van der Waals surface area contributed by atoms with Gasteiger partial charge < -0.3 is 10.2 Å². The monoisotopic (exact) mass is 480 g/mol. The van der Waals surface area contributed by atoms with E-state index in [1.165, 1.54) is 22.2 Å². The largest absolute Gasteiger partial charge is 0.343 e. The highest BCUT2D eigenvalue weighted by Gasteiger charge is 2.29. The van der Waals surface area contributed by atoms with Gasteiger partial charge in [-0.05, 0) is 61.0 Å². The third-order valence-corrected chi connectivity index (χ3v) is 7.47. The van der Waals surface area contributed by atoms with E-state index < -0.39 is 6.04 Å². The van der Waals surface area contributed by atoms with Crippen molar-refractivity contribution in [2.24, 2.45) is 0 Å². The molecule has 1 aliphatic rings. The van der Waals surface area contributed by atoms with Gasteiger partial charge in [-0.25, -0.2) is 0 Å². The molecular formula is C21H25BrN2O2S2. The number of hydrogen-bond acceptors (Lipinski definition) is 4. The molecule has 2 heterocycles. The number of halogens is 1. The van der Waals surface area contributed by atoms with Crippen LogP contribution in [0.25, 0.3) is 0 Å². The molecule has 2 unspecified atom stereocenters. The first-order valence-corrected chi connectivity index (χ1v) is 12.1. The fourth-order valence-corrected chi connectivity index (χ4v) is 5.29. The summed E-state index contributed by atoms with van der Waals surface area (Å²) in [6.07, 6.45) is 2.41. The number of fused-ring (bicyclic) bond motifs is 1. The lowest BCUT2D eigenvalue weighted by Gasteiger charge is -2.31. The van der Waals surface area contributed by atoms with Gasteiger partial charge in [0, 0.05) is 27.3 Å². The summed E-state index contributed by atoms with van der Waals surface area (Å²) in [5, 5.41) is 4.83. The molecule has 0 spiro atoms. The Labute approximate surface area is 183 Å². The third-order valence-electron chi connectivity index (χ3n) is 4.81. The average molecular weight is 481 g/mol. The molecule has 1 aliphatic heterocycles. The second-order valence-electron chi connectivity index (χ2n) is 6.94. The summed E-state index contributed by atoms with van der Waals surface area (Å²) in [5.74, 6) is -0.0548. The van der Waals surface area contributed by atoms with Gasteiger partial charge in [-0.2, -0.15) is 0 Å².